The highest BCUT2D eigenvalue weighted by molar-refractivity contribution is 5.66. The molecule has 10 heteroatoms. The van der Waals surface area contributed by atoms with Gasteiger partial charge in [0, 0.05) is 6.92 Å². The molecule has 0 aromatic carbocycles. The maximum absolute atomic E-state index is 12.1. The number of carbonyl (C=O) groups excluding carboxylic acids is 1. The highest BCUT2D eigenvalue weighted by atomic mass is 16.7. The van der Waals surface area contributed by atoms with Crippen LogP contribution in [0.4, 0.5) is 0 Å². The summed E-state index contributed by atoms with van der Waals surface area (Å²) < 4.78 is 17.4. The first kappa shape index (κ1) is 44.1. The van der Waals surface area contributed by atoms with E-state index in [-0.39, 0.29) is 19.3 Å². The van der Waals surface area contributed by atoms with Crippen molar-refractivity contribution < 1.29 is 49.6 Å². The Morgan fingerprint density at radius 2 is 1.17 bits per heavy atom. The van der Waals surface area contributed by atoms with E-state index < -0.39 is 66.7 Å². The molecular weight excluding hydrogens is 616 g/mol. The number of allylic oxidation sites excluding steroid dienone is 8. The number of rotatable bonds is 21. The largest absolute Gasteiger partial charge is 0.460 e. The van der Waals surface area contributed by atoms with Gasteiger partial charge in [-0.15, -0.1) is 0 Å². The van der Waals surface area contributed by atoms with Gasteiger partial charge in [-0.2, -0.15) is 0 Å². The van der Waals surface area contributed by atoms with Crippen LogP contribution in [0.3, 0.4) is 0 Å². The normalized spacial score (nSPS) is 25.8. The smallest absolute Gasteiger partial charge is 0.303 e. The fourth-order valence-electron chi connectivity index (χ4n) is 5.79. The maximum Gasteiger partial charge on any atom is 0.303 e. The average molecular weight is 683 g/mol. The monoisotopic (exact) mass is 682 g/mol. The zero-order valence-corrected chi connectivity index (χ0v) is 30.9. The number of esters is 1. The lowest BCUT2D eigenvalue weighted by molar-refractivity contribution is -0.324. The molecule has 1 aliphatic rings. The van der Waals surface area contributed by atoms with Crippen molar-refractivity contribution in [2.24, 2.45) is 0 Å². The third-order valence-electron chi connectivity index (χ3n) is 9.00. The van der Waals surface area contributed by atoms with Crippen molar-refractivity contribution in [2.45, 2.75) is 181 Å². The molecule has 0 aliphatic carbocycles. The summed E-state index contributed by atoms with van der Waals surface area (Å²) in [6.07, 6.45) is 4.67. The molecule has 1 aliphatic heterocycles. The van der Waals surface area contributed by atoms with Gasteiger partial charge in [-0.1, -0.05) is 46.6 Å². The molecule has 1 rings (SSSR count). The van der Waals surface area contributed by atoms with E-state index in [1.165, 1.54) is 29.2 Å². The van der Waals surface area contributed by atoms with Crippen LogP contribution in [0.2, 0.25) is 0 Å². The number of hydrogen-bond donors (Lipinski definition) is 6. The van der Waals surface area contributed by atoms with Crippen LogP contribution in [0.5, 0.6) is 0 Å². The van der Waals surface area contributed by atoms with Crippen LogP contribution in [0, 0.1) is 0 Å². The lowest BCUT2D eigenvalue weighted by Crippen LogP contribution is -2.60. The van der Waals surface area contributed by atoms with Gasteiger partial charge in [0.05, 0.1) is 23.9 Å². The molecule has 10 nitrogen and oxygen atoms in total. The minimum absolute atomic E-state index is 0.0942. The molecule has 0 saturated carbocycles. The molecule has 278 valence electrons. The summed E-state index contributed by atoms with van der Waals surface area (Å²) in [6.45, 7) is 16.2. The number of aliphatic hydroxyl groups is 6. The average Bonchev–Trinajstić information content (AvgIpc) is 2.97. The lowest BCUT2D eigenvalue weighted by Gasteiger charge is -2.43. The first-order chi connectivity index (χ1) is 22.3. The fourth-order valence-corrected chi connectivity index (χ4v) is 5.79. The summed E-state index contributed by atoms with van der Waals surface area (Å²) in [6, 6.07) is 0. The Kier molecular flexibility index (Phi) is 19.6. The number of carbonyl (C=O) groups is 1. The van der Waals surface area contributed by atoms with E-state index in [1.807, 2.05) is 6.92 Å². The number of hydrogen-bond acceptors (Lipinski definition) is 10. The van der Waals surface area contributed by atoms with E-state index >= 15 is 0 Å². The van der Waals surface area contributed by atoms with Gasteiger partial charge >= 0.3 is 5.97 Å². The lowest BCUT2D eigenvalue weighted by atomic mass is 9.85. The zero-order valence-electron chi connectivity index (χ0n) is 30.9. The van der Waals surface area contributed by atoms with Crippen molar-refractivity contribution in [3.05, 3.63) is 46.6 Å². The molecule has 0 spiro atoms. The van der Waals surface area contributed by atoms with Gasteiger partial charge in [-0.25, -0.2) is 0 Å². The number of ether oxygens (including phenoxy) is 3. The summed E-state index contributed by atoms with van der Waals surface area (Å²) in [4.78, 5) is 12.1. The van der Waals surface area contributed by atoms with Crippen LogP contribution in [0.15, 0.2) is 46.6 Å². The second-order valence-corrected chi connectivity index (χ2v) is 14.5. The number of aliphatic hydroxyl groups excluding tert-OH is 4. The standard InChI is InChI=1S/C38H66O10/c1-25(2)14-10-16-27(5)18-12-22-37(8,44)31(46-29(7)40)20-21-32(48-36-35(43)34(42)33(41)30(24-39)47-36)38(9,45)23-13-19-28(6)17-11-15-26(3)4/h14-15,18-19,30-36,39,41-45H,10-13,16-17,20-24H2,1-9H3/b27-18+,28-19+/t30-,31-,32+,33+,34-,35-,36-,37+,38+/m0/s1. The minimum atomic E-state index is -1.66. The Bertz CT molecular complexity index is 1080. The van der Waals surface area contributed by atoms with E-state index in [0.717, 1.165) is 25.7 Å². The highest BCUT2D eigenvalue weighted by Crippen LogP contribution is 2.33. The van der Waals surface area contributed by atoms with Gasteiger partial charge < -0.3 is 44.8 Å². The predicted octanol–water partition coefficient (Wildman–Crippen LogP) is 5.33. The van der Waals surface area contributed by atoms with Crippen molar-refractivity contribution >= 4 is 5.97 Å². The second-order valence-electron chi connectivity index (χ2n) is 14.5. The second kappa shape index (κ2) is 21.4. The molecule has 0 aromatic heterocycles. The molecule has 0 radical (unpaired) electrons. The van der Waals surface area contributed by atoms with Gasteiger partial charge in [0.1, 0.15) is 30.5 Å². The fraction of sp³-hybridized carbons (Fsp3) is 0.763. The molecule has 1 saturated heterocycles. The Morgan fingerprint density at radius 1 is 0.708 bits per heavy atom. The molecule has 0 amide bonds. The SMILES string of the molecule is CC(=O)O[C@@H](CC[C@@H](O[C@@H]1O[C@@H](CO)[C@@H](O)[C@H](O)[C@@H]1O)[C@](C)(O)CC/C=C(\C)CCC=C(C)C)[C@](C)(O)CC/C=C(\C)CCC=C(C)C. The van der Waals surface area contributed by atoms with Crippen LogP contribution in [-0.2, 0) is 19.0 Å². The third-order valence-corrected chi connectivity index (χ3v) is 9.00. The Hall–Kier alpha value is -1.89. The van der Waals surface area contributed by atoms with Crippen LogP contribution in [0.25, 0.3) is 0 Å². The first-order valence-electron chi connectivity index (χ1n) is 17.5. The Morgan fingerprint density at radius 3 is 1.60 bits per heavy atom. The maximum atomic E-state index is 12.1. The first-order valence-corrected chi connectivity index (χ1v) is 17.5. The summed E-state index contributed by atoms with van der Waals surface area (Å²) in [7, 11) is 0. The summed E-state index contributed by atoms with van der Waals surface area (Å²) in [5.74, 6) is -0.555. The van der Waals surface area contributed by atoms with Crippen molar-refractivity contribution in [3.8, 4) is 0 Å². The molecule has 9 atom stereocenters. The Balaban J connectivity index is 3.19. The molecule has 1 fully saturated rings. The van der Waals surface area contributed by atoms with Crippen molar-refractivity contribution in [3.63, 3.8) is 0 Å². The summed E-state index contributed by atoms with van der Waals surface area (Å²) >= 11 is 0. The van der Waals surface area contributed by atoms with Crippen molar-refractivity contribution in [2.75, 3.05) is 6.61 Å². The van der Waals surface area contributed by atoms with Crippen LogP contribution >= 0.6 is 0 Å². The van der Waals surface area contributed by atoms with E-state index in [9.17, 15) is 35.4 Å². The third kappa shape index (κ3) is 16.2. The quantitative estimate of drug-likeness (QED) is 0.0688. The van der Waals surface area contributed by atoms with Gasteiger partial charge in [-0.05, 0) is 120 Å². The van der Waals surface area contributed by atoms with Crippen LogP contribution in [0.1, 0.15) is 127 Å². The van der Waals surface area contributed by atoms with Gasteiger partial charge in [-0.3, -0.25) is 4.79 Å². The van der Waals surface area contributed by atoms with E-state index in [2.05, 4.69) is 58.9 Å². The Labute approximate surface area is 289 Å². The summed E-state index contributed by atoms with van der Waals surface area (Å²) in [5.41, 5.74) is 2.04. The molecule has 48 heavy (non-hydrogen) atoms. The van der Waals surface area contributed by atoms with Crippen LogP contribution < -0.4 is 0 Å². The zero-order chi connectivity index (χ0) is 36.7. The van der Waals surface area contributed by atoms with Gasteiger partial charge in [0.2, 0.25) is 0 Å². The van der Waals surface area contributed by atoms with E-state index in [1.54, 1.807) is 13.8 Å². The minimum Gasteiger partial charge on any atom is -0.460 e. The van der Waals surface area contributed by atoms with Crippen LogP contribution in [-0.4, -0.2) is 97.3 Å². The molecular formula is C38H66O10. The van der Waals surface area contributed by atoms with E-state index in [0.29, 0.717) is 19.3 Å². The highest BCUT2D eigenvalue weighted by Gasteiger charge is 2.47. The topological polar surface area (TPSA) is 166 Å². The molecule has 6 N–H and O–H groups in total. The summed E-state index contributed by atoms with van der Waals surface area (Å²) in [5, 5.41) is 64.3. The van der Waals surface area contributed by atoms with Gasteiger partial charge in [0.25, 0.3) is 0 Å². The van der Waals surface area contributed by atoms with Crippen molar-refractivity contribution in [1.29, 1.82) is 0 Å². The molecule has 0 bridgehead atoms. The van der Waals surface area contributed by atoms with Gasteiger partial charge in [0.15, 0.2) is 6.29 Å². The van der Waals surface area contributed by atoms with E-state index in [4.69, 9.17) is 14.2 Å². The molecule has 0 unspecified atom stereocenters. The predicted molar refractivity (Wildman–Crippen MR) is 188 cm³/mol. The molecule has 1 heterocycles. The molecule has 0 aromatic rings. The van der Waals surface area contributed by atoms with Crippen molar-refractivity contribution in [1.82, 2.24) is 0 Å².